The zero-order chi connectivity index (χ0) is 7.56. The summed E-state index contributed by atoms with van der Waals surface area (Å²) in [5, 5.41) is 0. The lowest BCUT2D eigenvalue weighted by molar-refractivity contribution is -0.114. The van der Waals surface area contributed by atoms with E-state index in [-0.39, 0.29) is 5.78 Å². The minimum atomic E-state index is 0.0252. The van der Waals surface area contributed by atoms with Crippen LogP contribution in [0.25, 0.3) is 0 Å². The summed E-state index contributed by atoms with van der Waals surface area (Å²) in [6, 6.07) is 0. The molecule has 0 saturated heterocycles. The Morgan fingerprint density at radius 1 is 1.70 bits per heavy atom. The molecule has 3 heteroatoms. The van der Waals surface area contributed by atoms with Crippen molar-refractivity contribution in [2.45, 2.75) is 13.3 Å². The Morgan fingerprint density at radius 3 is 2.80 bits per heavy atom. The van der Waals surface area contributed by atoms with E-state index in [1.54, 1.807) is 0 Å². The number of ether oxygens (including phenoxy) is 1. The summed E-state index contributed by atoms with van der Waals surface area (Å²) in [5.74, 6) is 0.0252. The third-order valence-corrected chi connectivity index (χ3v) is 1.57. The second kappa shape index (κ2) is 2.84. The van der Waals surface area contributed by atoms with Crippen LogP contribution in [0.3, 0.4) is 0 Å². The highest BCUT2D eigenvalue weighted by atomic mass is 16.5. The average Bonchev–Trinajstić information content (AvgIpc) is 1.88. The van der Waals surface area contributed by atoms with E-state index in [1.165, 1.54) is 6.92 Å². The molecule has 1 aliphatic rings. The lowest BCUT2D eigenvalue weighted by Gasteiger charge is -2.15. The van der Waals surface area contributed by atoms with Gasteiger partial charge in [-0.1, -0.05) is 0 Å². The molecule has 0 spiro atoms. The topological polar surface area (TPSA) is 52.3 Å². The highest BCUT2D eigenvalue weighted by Crippen LogP contribution is 2.10. The van der Waals surface area contributed by atoms with Crippen LogP contribution in [0.2, 0.25) is 0 Å². The Morgan fingerprint density at radius 2 is 2.40 bits per heavy atom. The fraction of sp³-hybridized carbons (Fsp3) is 0.571. The molecule has 10 heavy (non-hydrogen) atoms. The normalized spacial score (nSPS) is 19.3. The fourth-order valence-electron chi connectivity index (χ4n) is 0.928. The van der Waals surface area contributed by atoms with Gasteiger partial charge in [-0.15, -0.1) is 0 Å². The van der Waals surface area contributed by atoms with Crippen molar-refractivity contribution < 1.29 is 9.53 Å². The standard InChI is InChI=1S/C7H11NO2/c1-5(9)6-4-10-3-2-7(6)8/h2-4,8H2,1H3. The van der Waals surface area contributed by atoms with Crippen molar-refractivity contribution in [1.29, 1.82) is 0 Å². The molecular weight excluding hydrogens is 130 g/mol. The quantitative estimate of drug-likeness (QED) is 0.568. The molecule has 0 aromatic rings. The molecule has 0 aromatic heterocycles. The molecular formula is C7H11NO2. The van der Waals surface area contributed by atoms with Crippen LogP contribution < -0.4 is 5.73 Å². The molecule has 0 aromatic carbocycles. The van der Waals surface area contributed by atoms with E-state index >= 15 is 0 Å². The molecule has 0 bridgehead atoms. The van der Waals surface area contributed by atoms with Crippen molar-refractivity contribution >= 4 is 5.78 Å². The third-order valence-electron chi connectivity index (χ3n) is 1.57. The van der Waals surface area contributed by atoms with Crippen molar-refractivity contribution in [3.8, 4) is 0 Å². The van der Waals surface area contributed by atoms with E-state index in [2.05, 4.69) is 0 Å². The van der Waals surface area contributed by atoms with Gasteiger partial charge in [-0.3, -0.25) is 4.79 Å². The predicted octanol–water partition coefficient (Wildman–Crippen LogP) is 0.208. The van der Waals surface area contributed by atoms with Crippen LogP contribution >= 0.6 is 0 Å². The molecule has 0 radical (unpaired) electrons. The van der Waals surface area contributed by atoms with E-state index in [4.69, 9.17) is 10.5 Å². The molecule has 0 amide bonds. The van der Waals surface area contributed by atoms with Crippen LogP contribution in [0.5, 0.6) is 0 Å². The molecule has 1 heterocycles. The van der Waals surface area contributed by atoms with Gasteiger partial charge < -0.3 is 10.5 Å². The van der Waals surface area contributed by atoms with Gasteiger partial charge in [0.15, 0.2) is 5.78 Å². The molecule has 0 fully saturated rings. The highest BCUT2D eigenvalue weighted by molar-refractivity contribution is 5.94. The molecule has 0 saturated carbocycles. The first-order valence-electron chi connectivity index (χ1n) is 3.28. The lowest BCUT2D eigenvalue weighted by Crippen LogP contribution is -2.20. The Balaban J connectivity index is 2.78. The number of hydrogen-bond acceptors (Lipinski definition) is 3. The number of ketones is 1. The molecule has 56 valence electrons. The number of carbonyl (C=O) groups is 1. The first-order chi connectivity index (χ1) is 4.72. The van der Waals surface area contributed by atoms with Crippen LogP contribution in [-0.2, 0) is 9.53 Å². The average molecular weight is 141 g/mol. The zero-order valence-electron chi connectivity index (χ0n) is 6.02. The van der Waals surface area contributed by atoms with Crippen LogP contribution in [-0.4, -0.2) is 19.0 Å². The summed E-state index contributed by atoms with van der Waals surface area (Å²) < 4.78 is 5.06. The van der Waals surface area contributed by atoms with E-state index in [0.717, 1.165) is 0 Å². The van der Waals surface area contributed by atoms with Crippen molar-refractivity contribution in [2.75, 3.05) is 13.2 Å². The summed E-state index contributed by atoms with van der Waals surface area (Å²) in [7, 11) is 0. The first-order valence-corrected chi connectivity index (χ1v) is 3.28. The number of rotatable bonds is 1. The maximum absolute atomic E-state index is 10.8. The van der Waals surface area contributed by atoms with Gasteiger partial charge in [-0.25, -0.2) is 0 Å². The smallest absolute Gasteiger partial charge is 0.159 e. The van der Waals surface area contributed by atoms with Gasteiger partial charge in [-0.05, 0) is 6.92 Å². The van der Waals surface area contributed by atoms with Crippen LogP contribution in [0.15, 0.2) is 11.3 Å². The largest absolute Gasteiger partial charge is 0.402 e. The molecule has 3 nitrogen and oxygen atoms in total. The summed E-state index contributed by atoms with van der Waals surface area (Å²) in [4.78, 5) is 10.8. The van der Waals surface area contributed by atoms with Gasteiger partial charge in [0.25, 0.3) is 0 Å². The van der Waals surface area contributed by atoms with E-state index in [9.17, 15) is 4.79 Å². The molecule has 0 aliphatic carbocycles. The molecule has 0 atom stereocenters. The summed E-state index contributed by atoms with van der Waals surface area (Å²) in [6.07, 6.45) is 0.689. The van der Waals surface area contributed by atoms with E-state index < -0.39 is 0 Å². The number of Topliss-reactive ketones (excluding diaryl/α,β-unsaturated/α-hetero) is 1. The van der Waals surface area contributed by atoms with E-state index in [0.29, 0.717) is 30.9 Å². The molecule has 1 rings (SSSR count). The van der Waals surface area contributed by atoms with Gasteiger partial charge in [0.2, 0.25) is 0 Å². The monoisotopic (exact) mass is 141 g/mol. The van der Waals surface area contributed by atoms with Crippen molar-refractivity contribution in [1.82, 2.24) is 0 Å². The Kier molecular flexibility index (Phi) is 2.06. The maximum atomic E-state index is 10.8. The van der Waals surface area contributed by atoms with Gasteiger partial charge in [-0.2, -0.15) is 0 Å². The Hall–Kier alpha value is -0.830. The number of nitrogens with two attached hydrogens (primary N) is 1. The summed E-state index contributed by atoms with van der Waals surface area (Å²) >= 11 is 0. The highest BCUT2D eigenvalue weighted by Gasteiger charge is 2.13. The fourth-order valence-corrected chi connectivity index (χ4v) is 0.928. The third kappa shape index (κ3) is 1.36. The molecule has 1 aliphatic heterocycles. The van der Waals surface area contributed by atoms with Gasteiger partial charge in [0.1, 0.15) is 0 Å². The minimum absolute atomic E-state index is 0.0252. The number of hydrogen-bond donors (Lipinski definition) is 1. The lowest BCUT2D eigenvalue weighted by atomic mass is 10.1. The molecule has 2 N–H and O–H groups in total. The van der Waals surface area contributed by atoms with Crippen molar-refractivity contribution in [3.05, 3.63) is 11.3 Å². The second-order valence-corrected chi connectivity index (χ2v) is 2.36. The van der Waals surface area contributed by atoms with Gasteiger partial charge in [0, 0.05) is 17.7 Å². The van der Waals surface area contributed by atoms with Crippen LogP contribution in [0.1, 0.15) is 13.3 Å². The summed E-state index contributed by atoms with van der Waals surface area (Å²) in [5.41, 5.74) is 6.90. The maximum Gasteiger partial charge on any atom is 0.159 e. The summed E-state index contributed by atoms with van der Waals surface area (Å²) in [6.45, 7) is 2.54. The molecule has 0 unspecified atom stereocenters. The second-order valence-electron chi connectivity index (χ2n) is 2.36. The zero-order valence-corrected chi connectivity index (χ0v) is 6.02. The van der Waals surface area contributed by atoms with Crippen molar-refractivity contribution in [3.63, 3.8) is 0 Å². The number of carbonyl (C=O) groups excluding carboxylic acids is 1. The van der Waals surface area contributed by atoms with Crippen LogP contribution in [0.4, 0.5) is 0 Å². The first kappa shape index (κ1) is 7.28. The Bertz CT molecular complexity index is 184. The van der Waals surface area contributed by atoms with Gasteiger partial charge in [0.05, 0.1) is 13.2 Å². The van der Waals surface area contributed by atoms with E-state index in [1.807, 2.05) is 0 Å². The predicted molar refractivity (Wildman–Crippen MR) is 37.3 cm³/mol. The van der Waals surface area contributed by atoms with Crippen molar-refractivity contribution in [2.24, 2.45) is 5.73 Å². The van der Waals surface area contributed by atoms with Crippen LogP contribution in [0, 0.1) is 0 Å². The minimum Gasteiger partial charge on any atom is -0.402 e. The SMILES string of the molecule is CC(=O)C1=C(N)CCOC1. The Labute approximate surface area is 59.8 Å². The van der Waals surface area contributed by atoms with Gasteiger partial charge >= 0.3 is 0 Å².